The first-order valence-corrected chi connectivity index (χ1v) is 10.4. The number of fused-ring (bicyclic) bond motifs is 1. The van der Waals surface area contributed by atoms with E-state index in [0.29, 0.717) is 0 Å². The molecule has 0 saturated carbocycles. The highest BCUT2D eigenvalue weighted by atomic mass is 16.1. The monoisotopic (exact) mass is 363 g/mol. The van der Waals surface area contributed by atoms with Gasteiger partial charge in [0.2, 0.25) is 0 Å². The minimum Gasteiger partial charge on any atom is -0.310 e. The molecule has 27 heavy (non-hydrogen) atoms. The molecular formula is C23H29N3O. The lowest BCUT2D eigenvalue weighted by Gasteiger charge is -2.26. The van der Waals surface area contributed by atoms with Gasteiger partial charge >= 0.3 is 0 Å². The molecule has 142 valence electrons. The molecule has 0 bridgehead atoms. The first-order chi connectivity index (χ1) is 13.3. The number of nitrogens with zero attached hydrogens (tertiary/aromatic N) is 2. The molecule has 0 fully saturated rings. The zero-order valence-corrected chi connectivity index (χ0v) is 16.0. The van der Waals surface area contributed by atoms with E-state index in [1.807, 2.05) is 0 Å². The Hall–Kier alpha value is -2.20. The Labute approximate surface area is 161 Å². The van der Waals surface area contributed by atoms with Crippen molar-refractivity contribution in [2.24, 2.45) is 0 Å². The van der Waals surface area contributed by atoms with E-state index in [4.69, 9.17) is 4.98 Å². The number of hydrogen-bond acceptors (Lipinski definition) is 3. The number of hydrogen-bond donors (Lipinski definition) is 1. The first-order valence-electron chi connectivity index (χ1n) is 10.4. The Balaban J connectivity index is 1.31. The zero-order valence-electron chi connectivity index (χ0n) is 16.0. The fourth-order valence-corrected chi connectivity index (χ4v) is 4.25. The molecule has 0 amide bonds. The van der Waals surface area contributed by atoms with Crippen LogP contribution in [0.25, 0.3) is 5.57 Å². The Bertz CT molecular complexity index is 854. The van der Waals surface area contributed by atoms with Crippen LogP contribution in [0, 0.1) is 0 Å². The van der Waals surface area contributed by atoms with Crippen LogP contribution in [0.2, 0.25) is 0 Å². The third-order valence-corrected chi connectivity index (χ3v) is 5.82. The first kappa shape index (κ1) is 18.2. The third-order valence-electron chi connectivity index (χ3n) is 5.82. The fourth-order valence-electron chi connectivity index (χ4n) is 4.25. The van der Waals surface area contributed by atoms with Gasteiger partial charge in [0, 0.05) is 25.1 Å². The van der Waals surface area contributed by atoms with Crippen molar-refractivity contribution >= 4 is 5.57 Å². The van der Waals surface area contributed by atoms with E-state index in [1.54, 1.807) is 0 Å². The van der Waals surface area contributed by atoms with Gasteiger partial charge in [0.1, 0.15) is 5.82 Å². The summed E-state index contributed by atoms with van der Waals surface area (Å²) in [7, 11) is 0. The van der Waals surface area contributed by atoms with Crippen LogP contribution in [0.3, 0.4) is 0 Å². The molecule has 1 aliphatic carbocycles. The predicted molar refractivity (Wildman–Crippen MR) is 110 cm³/mol. The van der Waals surface area contributed by atoms with Gasteiger partial charge in [-0.1, -0.05) is 42.8 Å². The Kier molecular flexibility index (Phi) is 5.83. The number of nitrogens with one attached hydrogen (secondary N) is 1. The van der Waals surface area contributed by atoms with Gasteiger partial charge < -0.3 is 4.98 Å². The average Bonchev–Trinajstić information content (AvgIpc) is 2.95. The largest absolute Gasteiger partial charge is 0.310 e. The molecule has 1 aliphatic heterocycles. The second-order valence-corrected chi connectivity index (χ2v) is 7.75. The van der Waals surface area contributed by atoms with Crippen LogP contribution < -0.4 is 5.56 Å². The summed E-state index contributed by atoms with van der Waals surface area (Å²) in [4.78, 5) is 22.7. The van der Waals surface area contributed by atoms with Crippen molar-refractivity contribution < 1.29 is 0 Å². The Morgan fingerprint density at radius 2 is 1.89 bits per heavy atom. The van der Waals surface area contributed by atoms with Crippen molar-refractivity contribution in [1.29, 1.82) is 0 Å². The van der Waals surface area contributed by atoms with E-state index >= 15 is 0 Å². The van der Waals surface area contributed by atoms with Gasteiger partial charge in [-0.3, -0.25) is 9.69 Å². The van der Waals surface area contributed by atoms with Crippen LogP contribution in [-0.2, 0) is 19.3 Å². The normalized spacial score (nSPS) is 17.9. The molecule has 0 unspecified atom stereocenters. The van der Waals surface area contributed by atoms with Crippen molar-refractivity contribution in [3.8, 4) is 0 Å². The number of aryl methyl sites for hydroxylation is 2. The topological polar surface area (TPSA) is 49.0 Å². The van der Waals surface area contributed by atoms with Gasteiger partial charge in [0.25, 0.3) is 5.56 Å². The van der Waals surface area contributed by atoms with E-state index in [1.165, 1.54) is 17.6 Å². The highest BCUT2D eigenvalue weighted by molar-refractivity contribution is 5.66. The Morgan fingerprint density at radius 3 is 2.70 bits per heavy atom. The molecule has 2 heterocycles. The van der Waals surface area contributed by atoms with Gasteiger partial charge in [0.05, 0.1) is 5.69 Å². The fraction of sp³-hybridized carbons (Fsp3) is 0.478. The van der Waals surface area contributed by atoms with Gasteiger partial charge in [-0.25, -0.2) is 4.98 Å². The maximum atomic E-state index is 12.4. The second-order valence-electron chi connectivity index (χ2n) is 7.75. The number of benzene rings is 1. The highest BCUT2D eigenvalue weighted by Gasteiger charge is 2.15. The van der Waals surface area contributed by atoms with Crippen molar-refractivity contribution in [2.45, 2.75) is 51.4 Å². The molecule has 1 aromatic carbocycles. The number of aromatic nitrogens is 2. The molecule has 0 saturated heterocycles. The highest BCUT2D eigenvalue weighted by Crippen LogP contribution is 2.22. The molecule has 1 aromatic heterocycles. The Morgan fingerprint density at radius 1 is 1.04 bits per heavy atom. The second kappa shape index (κ2) is 8.66. The van der Waals surface area contributed by atoms with Gasteiger partial charge in [-0.2, -0.15) is 0 Å². The van der Waals surface area contributed by atoms with Crippen molar-refractivity contribution in [2.75, 3.05) is 19.6 Å². The summed E-state index contributed by atoms with van der Waals surface area (Å²) in [5.74, 6) is 0.873. The minimum atomic E-state index is 0.102. The lowest BCUT2D eigenvalue weighted by atomic mass is 9.99. The molecule has 0 spiro atoms. The van der Waals surface area contributed by atoms with Crippen LogP contribution >= 0.6 is 0 Å². The molecule has 0 radical (unpaired) electrons. The van der Waals surface area contributed by atoms with E-state index in [0.717, 1.165) is 81.7 Å². The molecule has 0 atom stereocenters. The lowest BCUT2D eigenvalue weighted by molar-refractivity contribution is 0.297. The van der Waals surface area contributed by atoms with E-state index < -0.39 is 0 Å². The summed E-state index contributed by atoms with van der Waals surface area (Å²) in [5, 5.41) is 0. The van der Waals surface area contributed by atoms with Crippen LogP contribution in [-0.4, -0.2) is 34.5 Å². The maximum Gasteiger partial charge on any atom is 0.254 e. The molecule has 4 heteroatoms. The summed E-state index contributed by atoms with van der Waals surface area (Å²) < 4.78 is 0. The molecular weight excluding hydrogens is 334 g/mol. The smallest absolute Gasteiger partial charge is 0.254 e. The average molecular weight is 364 g/mol. The van der Waals surface area contributed by atoms with Crippen molar-refractivity contribution in [3.63, 3.8) is 0 Å². The summed E-state index contributed by atoms with van der Waals surface area (Å²) in [6.45, 7) is 3.17. The maximum absolute atomic E-state index is 12.4. The van der Waals surface area contributed by atoms with E-state index in [2.05, 4.69) is 46.3 Å². The lowest BCUT2D eigenvalue weighted by Crippen LogP contribution is -2.30. The third kappa shape index (κ3) is 4.56. The molecule has 1 N–H and O–H groups in total. The number of aromatic amines is 1. The van der Waals surface area contributed by atoms with E-state index in [-0.39, 0.29) is 5.56 Å². The number of H-pyrrole nitrogens is 1. The van der Waals surface area contributed by atoms with Crippen molar-refractivity contribution in [3.05, 3.63) is 69.4 Å². The minimum absolute atomic E-state index is 0.102. The zero-order chi connectivity index (χ0) is 18.5. The van der Waals surface area contributed by atoms with Crippen LogP contribution in [0.1, 0.15) is 54.7 Å². The van der Waals surface area contributed by atoms with Crippen LogP contribution in [0.5, 0.6) is 0 Å². The number of rotatable bonds is 5. The standard InChI is InChI=1S/C23H29N3O/c27-23-20-10-5-2-6-11-21(20)24-22(25-23)12-7-15-26-16-13-19(14-17-26)18-8-3-1-4-9-18/h1,3-4,8-9,13H,2,5-7,10-12,14-17H2,(H,24,25,27). The van der Waals surface area contributed by atoms with Gasteiger partial charge in [0.15, 0.2) is 0 Å². The molecule has 2 aliphatic rings. The van der Waals surface area contributed by atoms with E-state index in [9.17, 15) is 4.79 Å². The van der Waals surface area contributed by atoms with Crippen molar-refractivity contribution in [1.82, 2.24) is 14.9 Å². The summed E-state index contributed by atoms with van der Waals surface area (Å²) in [6.07, 6.45) is 10.7. The van der Waals surface area contributed by atoms with Crippen LogP contribution in [0.15, 0.2) is 41.2 Å². The van der Waals surface area contributed by atoms with Gasteiger partial charge in [-0.15, -0.1) is 0 Å². The SMILES string of the molecule is O=c1[nH]c(CCCN2CC=C(c3ccccc3)CC2)nc2c1CCCCC2. The summed E-state index contributed by atoms with van der Waals surface area (Å²) in [5.41, 5.74) is 4.91. The molecule has 2 aromatic rings. The molecule has 4 rings (SSSR count). The predicted octanol–water partition coefficient (Wildman–Crippen LogP) is 3.76. The summed E-state index contributed by atoms with van der Waals surface area (Å²) in [6, 6.07) is 10.7. The quantitative estimate of drug-likeness (QED) is 0.823. The summed E-state index contributed by atoms with van der Waals surface area (Å²) >= 11 is 0. The molecule has 4 nitrogen and oxygen atoms in total. The van der Waals surface area contributed by atoms with Gasteiger partial charge in [-0.05, 0) is 56.2 Å². The van der Waals surface area contributed by atoms with Crippen LogP contribution in [0.4, 0.5) is 0 Å².